The highest BCUT2D eigenvalue weighted by atomic mass is 31.2. The van der Waals surface area contributed by atoms with Gasteiger partial charge in [0.15, 0.2) is 0 Å². The molecule has 0 fully saturated rings. The van der Waals surface area contributed by atoms with Crippen molar-refractivity contribution in [1.29, 1.82) is 0 Å². The van der Waals surface area contributed by atoms with E-state index in [0.29, 0.717) is 6.42 Å². The highest BCUT2D eigenvalue weighted by molar-refractivity contribution is 7.72. The van der Waals surface area contributed by atoms with Crippen LogP contribution in [-0.4, -0.2) is 43.1 Å². The van der Waals surface area contributed by atoms with E-state index in [1.165, 1.54) is 13.1 Å². The fourth-order valence-electron chi connectivity index (χ4n) is 1.61. The van der Waals surface area contributed by atoms with Crippen LogP contribution in [0.3, 0.4) is 0 Å². The fraction of sp³-hybridized carbons (Fsp3) is 0.667. The molecule has 15 heavy (non-hydrogen) atoms. The van der Waals surface area contributed by atoms with Crippen molar-refractivity contribution < 1.29 is 28.7 Å². The average Bonchev–Trinajstić information content (AvgIpc) is 2.00. The summed E-state index contributed by atoms with van der Waals surface area (Å²) < 4.78 is 22.5. The predicted octanol–water partition coefficient (Wildman–Crippen LogP) is -0.113. The minimum atomic E-state index is -4.97. The van der Waals surface area contributed by atoms with E-state index in [0.717, 1.165) is 11.0 Å². The molecule has 88 valence electrons. The van der Waals surface area contributed by atoms with Crippen LogP contribution in [0, 0.1) is 0 Å². The largest absolute Gasteiger partial charge is 0.362 e. The van der Waals surface area contributed by atoms with Crippen molar-refractivity contribution in [2.24, 2.45) is 0 Å². The molecule has 0 unspecified atom stereocenters. The van der Waals surface area contributed by atoms with Gasteiger partial charge in [-0.15, -0.1) is 0 Å². The monoisotopic (exact) mass is 257 g/mol. The van der Waals surface area contributed by atoms with Gasteiger partial charge in [-0.05, 0) is 19.5 Å². The van der Waals surface area contributed by atoms with E-state index in [1.54, 1.807) is 0 Å². The molecule has 0 aromatic carbocycles. The molecule has 0 aliphatic carbocycles. The van der Waals surface area contributed by atoms with Crippen LogP contribution in [0.1, 0.15) is 6.42 Å². The second-order valence-corrected chi connectivity index (χ2v) is 7.28. The van der Waals surface area contributed by atoms with E-state index >= 15 is 0 Å². The van der Waals surface area contributed by atoms with E-state index in [1.807, 2.05) is 0 Å². The summed E-state index contributed by atoms with van der Waals surface area (Å²) in [5, 5.41) is -2.50. The molecular weight excluding hydrogens is 244 g/mol. The smallest absolute Gasteiger partial charge is 0.322 e. The minimum absolute atomic E-state index is 0.187. The van der Waals surface area contributed by atoms with Crippen molar-refractivity contribution in [3.05, 3.63) is 12.2 Å². The Balaban J connectivity index is 3.43. The average molecular weight is 257 g/mol. The lowest BCUT2D eigenvalue weighted by Gasteiger charge is -2.41. The van der Waals surface area contributed by atoms with Gasteiger partial charge >= 0.3 is 15.2 Å². The van der Waals surface area contributed by atoms with Gasteiger partial charge in [-0.1, -0.05) is 6.08 Å². The van der Waals surface area contributed by atoms with Gasteiger partial charge in [0.2, 0.25) is 5.02 Å². The standard InChI is InChI=1S/C6H13NO6P2/c1-7-5-3-2-4-6(7,14(8,9)10)15(11,12)13/h2,4H,3,5H2,1H3,(H2,8,9,10)(H2,11,12,13). The highest BCUT2D eigenvalue weighted by Crippen LogP contribution is 2.71. The van der Waals surface area contributed by atoms with E-state index < -0.39 is 20.2 Å². The van der Waals surface area contributed by atoms with Crippen molar-refractivity contribution in [3.8, 4) is 0 Å². The Kier molecular flexibility index (Phi) is 3.30. The van der Waals surface area contributed by atoms with E-state index in [2.05, 4.69) is 0 Å². The number of hydrogen-bond donors (Lipinski definition) is 4. The van der Waals surface area contributed by atoms with E-state index in [9.17, 15) is 9.13 Å². The lowest BCUT2D eigenvalue weighted by atomic mass is 10.3. The molecule has 0 atom stereocenters. The zero-order chi connectivity index (χ0) is 11.9. The zero-order valence-corrected chi connectivity index (χ0v) is 9.80. The first kappa shape index (κ1) is 13.1. The van der Waals surface area contributed by atoms with Crippen LogP contribution in [0.15, 0.2) is 12.2 Å². The lowest BCUT2D eigenvalue weighted by Crippen LogP contribution is -2.46. The molecule has 1 heterocycles. The van der Waals surface area contributed by atoms with Gasteiger partial charge in [0.1, 0.15) is 0 Å². The Hall–Kier alpha value is -0.0000000000000000971. The van der Waals surface area contributed by atoms with Gasteiger partial charge in [-0.25, -0.2) is 0 Å². The van der Waals surface area contributed by atoms with Crippen molar-refractivity contribution in [2.75, 3.05) is 13.6 Å². The number of rotatable bonds is 2. The van der Waals surface area contributed by atoms with E-state index in [-0.39, 0.29) is 6.54 Å². The molecule has 0 aromatic heterocycles. The number of hydrogen-bond acceptors (Lipinski definition) is 3. The van der Waals surface area contributed by atoms with Crippen LogP contribution in [0.2, 0.25) is 0 Å². The van der Waals surface area contributed by atoms with Gasteiger partial charge < -0.3 is 19.6 Å². The summed E-state index contributed by atoms with van der Waals surface area (Å²) in [4.78, 5) is 37.5. The normalized spacial score (nSPS) is 23.0. The van der Waals surface area contributed by atoms with Crippen LogP contribution in [0.5, 0.6) is 0 Å². The Morgan fingerprint density at radius 2 is 1.67 bits per heavy atom. The van der Waals surface area contributed by atoms with Crippen LogP contribution < -0.4 is 0 Å². The first-order valence-electron chi connectivity index (χ1n) is 4.13. The molecule has 0 amide bonds. The summed E-state index contributed by atoms with van der Waals surface area (Å²) in [6.45, 7) is 0.187. The highest BCUT2D eigenvalue weighted by Gasteiger charge is 2.61. The van der Waals surface area contributed by atoms with Gasteiger partial charge in [-0.3, -0.25) is 14.0 Å². The maximum Gasteiger partial charge on any atom is 0.362 e. The van der Waals surface area contributed by atoms with Crippen molar-refractivity contribution in [1.82, 2.24) is 4.90 Å². The summed E-state index contributed by atoms with van der Waals surface area (Å²) >= 11 is 0. The first-order chi connectivity index (χ1) is 6.63. The van der Waals surface area contributed by atoms with Gasteiger partial charge in [0.05, 0.1) is 0 Å². The second-order valence-electron chi connectivity index (χ2n) is 3.39. The van der Waals surface area contributed by atoms with Crippen LogP contribution in [-0.2, 0) is 9.13 Å². The molecule has 0 aromatic rings. The van der Waals surface area contributed by atoms with Crippen molar-refractivity contribution >= 4 is 15.2 Å². The predicted molar refractivity (Wildman–Crippen MR) is 53.2 cm³/mol. The topological polar surface area (TPSA) is 118 Å². The molecule has 1 rings (SSSR count). The Bertz CT molecular complexity index is 346. The molecule has 9 heteroatoms. The third-order valence-electron chi connectivity index (χ3n) is 2.39. The fourth-order valence-corrected chi connectivity index (χ4v) is 4.66. The Morgan fingerprint density at radius 1 is 1.20 bits per heavy atom. The van der Waals surface area contributed by atoms with Crippen LogP contribution in [0.4, 0.5) is 0 Å². The molecule has 0 radical (unpaired) electrons. The summed E-state index contributed by atoms with van der Waals surface area (Å²) in [6.07, 6.45) is 2.79. The van der Waals surface area contributed by atoms with E-state index in [4.69, 9.17) is 19.6 Å². The molecule has 0 bridgehead atoms. The summed E-state index contributed by atoms with van der Waals surface area (Å²) in [5.74, 6) is 0. The maximum absolute atomic E-state index is 11.3. The minimum Gasteiger partial charge on any atom is -0.322 e. The molecule has 1 aliphatic rings. The number of nitrogens with zero attached hydrogens (tertiary/aromatic N) is 1. The van der Waals surface area contributed by atoms with Gasteiger partial charge in [0, 0.05) is 6.54 Å². The Labute approximate surface area is 86.7 Å². The molecule has 7 nitrogen and oxygen atoms in total. The molecular formula is C6H13NO6P2. The van der Waals surface area contributed by atoms with Crippen molar-refractivity contribution in [3.63, 3.8) is 0 Å². The zero-order valence-electron chi connectivity index (χ0n) is 8.02. The van der Waals surface area contributed by atoms with Crippen molar-refractivity contribution in [2.45, 2.75) is 11.4 Å². The SMILES string of the molecule is CN1CCC=CC1(P(=O)(O)O)P(=O)(O)O. The molecule has 4 N–H and O–H groups in total. The van der Waals surface area contributed by atoms with Gasteiger partial charge in [-0.2, -0.15) is 0 Å². The maximum atomic E-state index is 11.3. The summed E-state index contributed by atoms with van der Waals surface area (Å²) in [6, 6.07) is 0. The Morgan fingerprint density at radius 3 is 1.93 bits per heavy atom. The first-order valence-corrected chi connectivity index (χ1v) is 7.35. The summed E-state index contributed by atoms with van der Waals surface area (Å²) in [7, 11) is -8.67. The van der Waals surface area contributed by atoms with Crippen LogP contribution in [0.25, 0.3) is 0 Å². The third kappa shape index (κ3) is 1.97. The van der Waals surface area contributed by atoms with Gasteiger partial charge in [0.25, 0.3) is 0 Å². The molecule has 0 saturated heterocycles. The molecule has 1 aliphatic heterocycles. The lowest BCUT2D eigenvalue weighted by molar-refractivity contribution is 0.210. The quantitative estimate of drug-likeness (QED) is 0.402. The van der Waals surface area contributed by atoms with Crippen LogP contribution >= 0.6 is 15.2 Å². The molecule has 0 saturated carbocycles. The second kappa shape index (κ2) is 3.79. The molecule has 0 spiro atoms. The summed E-state index contributed by atoms with van der Waals surface area (Å²) in [5.41, 5.74) is 0. The third-order valence-corrected chi connectivity index (χ3v) is 6.65. The number of likely N-dealkylation sites (N-methyl/N-ethyl adjacent to an activating group) is 1.